The molecule has 4 heteroatoms. The molecule has 2 rings (SSSR count). The summed E-state index contributed by atoms with van der Waals surface area (Å²) in [5.74, 6) is 3.07. The van der Waals surface area contributed by atoms with Gasteiger partial charge in [-0.3, -0.25) is 0 Å². The Labute approximate surface area is 101 Å². The Balaban J connectivity index is 2.31. The van der Waals surface area contributed by atoms with Crippen LogP contribution in [-0.4, -0.2) is 16.5 Å². The van der Waals surface area contributed by atoms with E-state index >= 15 is 0 Å². The summed E-state index contributed by atoms with van der Waals surface area (Å²) in [7, 11) is 0. The van der Waals surface area contributed by atoms with Gasteiger partial charge in [0.05, 0.1) is 0 Å². The van der Waals surface area contributed by atoms with Crippen molar-refractivity contribution in [2.24, 2.45) is 0 Å². The second-order valence-electron chi connectivity index (χ2n) is 4.06. The third-order valence-electron chi connectivity index (χ3n) is 2.37. The maximum atomic E-state index is 5.53. The molecule has 2 aromatic rings. The molecular formula is C13H17N3O. The van der Waals surface area contributed by atoms with Gasteiger partial charge in [0.25, 0.3) is 0 Å². The molecule has 0 aromatic carbocycles. The van der Waals surface area contributed by atoms with Gasteiger partial charge in [0.2, 0.25) is 0 Å². The van der Waals surface area contributed by atoms with Gasteiger partial charge in [0, 0.05) is 18.3 Å². The van der Waals surface area contributed by atoms with Crippen molar-refractivity contribution in [3.63, 3.8) is 0 Å². The molecule has 17 heavy (non-hydrogen) atoms. The fourth-order valence-corrected chi connectivity index (χ4v) is 1.58. The van der Waals surface area contributed by atoms with Crippen LogP contribution in [0.4, 0.5) is 5.82 Å². The summed E-state index contributed by atoms with van der Waals surface area (Å²) in [5.41, 5.74) is 0.933. The van der Waals surface area contributed by atoms with Crippen LogP contribution in [0.3, 0.4) is 0 Å². The van der Waals surface area contributed by atoms with Crippen LogP contribution in [0.5, 0.6) is 0 Å². The lowest BCUT2D eigenvalue weighted by Crippen LogP contribution is -2.04. The van der Waals surface area contributed by atoms with E-state index in [1.54, 1.807) is 0 Å². The molecule has 0 aliphatic carbocycles. The maximum absolute atomic E-state index is 5.53. The van der Waals surface area contributed by atoms with E-state index in [1.807, 2.05) is 32.0 Å². The first-order chi connectivity index (χ1) is 8.19. The molecule has 0 aliphatic heterocycles. The van der Waals surface area contributed by atoms with Crippen LogP contribution in [-0.2, 0) is 0 Å². The van der Waals surface area contributed by atoms with E-state index in [4.69, 9.17) is 4.42 Å². The molecule has 90 valence electrons. The number of furan rings is 1. The quantitative estimate of drug-likeness (QED) is 0.878. The molecule has 4 nitrogen and oxygen atoms in total. The Bertz CT molecular complexity index is 505. The van der Waals surface area contributed by atoms with Gasteiger partial charge in [-0.1, -0.05) is 6.92 Å². The van der Waals surface area contributed by atoms with Crippen molar-refractivity contribution in [1.82, 2.24) is 9.97 Å². The van der Waals surface area contributed by atoms with Gasteiger partial charge in [0.15, 0.2) is 11.6 Å². The molecule has 0 unspecified atom stereocenters. The van der Waals surface area contributed by atoms with Gasteiger partial charge < -0.3 is 9.73 Å². The molecule has 0 atom stereocenters. The largest absolute Gasteiger partial charge is 0.458 e. The number of rotatable bonds is 4. The molecule has 0 fully saturated rings. The number of hydrogen-bond donors (Lipinski definition) is 1. The Morgan fingerprint density at radius 3 is 2.71 bits per heavy atom. The zero-order chi connectivity index (χ0) is 12.3. The smallest absolute Gasteiger partial charge is 0.197 e. The lowest BCUT2D eigenvalue weighted by molar-refractivity contribution is 0.544. The minimum atomic E-state index is 0.636. The first-order valence-electron chi connectivity index (χ1n) is 5.85. The molecule has 0 amide bonds. The molecule has 0 spiro atoms. The van der Waals surface area contributed by atoms with E-state index in [-0.39, 0.29) is 0 Å². The van der Waals surface area contributed by atoms with Crippen LogP contribution in [0.2, 0.25) is 0 Å². The summed E-state index contributed by atoms with van der Waals surface area (Å²) in [5, 5.41) is 3.26. The molecule has 2 heterocycles. The average molecular weight is 231 g/mol. The molecule has 0 saturated heterocycles. The lowest BCUT2D eigenvalue weighted by Gasteiger charge is -2.06. The number of nitrogens with one attached hydrogen (secondary N) is 1. The van der Waals surface area contributed by atoms with E-state index in [0.717, 1.165) is 30.2 Å². The summed E-state index contributed by atoms with van der Waals surface area (Å²) in [6.45, 7) is 6.90. The van der Waals surface area contributed by atoms with E-state index < -0.39 is 0 Å². The van der Waals surface area contributed by atoms with Gasteiger partial charge in [-0.25, -0.2) is 9.97 Å². The average Bonchev–Trinajstić information content (AvgIpc) is 2.72. The third-order valence-corrected chi connectivity index (χ3v) is 2.37. The summed E-state index contributed by atoms with van der Waals surface area (Å²) in [6, 6.07) is 5.75. The molecule has 0 saturated carbocycles. The highest BCUT2D eigenvalue weighted by Crippen LogP contribution is 2.20. The first-order valence-corrected chi connectivity index (χ1v) is 5.85. The Kier molecular flexibility index (Phi) is 3.42. The van der Waals surface area contributed by atoms with Gasteiger partial charge in [-0.2, -0.15) is 0 Å². The fourth-order valence-electron chi connectivity index (χ4n) is 1.58. The van der Waals surface area contributed by atoms with Crippen LogP contribution < -0.4 is 5.32 Å². The van der Waals surface area contributed by atoms with Gasteiger partial charge in [-0.05, 0) is 32.4 Å². The molecule has 0 radical (unpaired) electrons. The number of nitrogens with zero attached hydrogens (tertiary/aromatic N) is 2. The second-order valence-corrected chi connectivity index (χ2v) is 4.06. The van der Waals surface area contributed by atoms with Crippen LogP contribution in [0.1, 0.15) is 24.8 Å². The van der Waals surface area contributed by atoms with Crippen molar-refractivity contribution < 1.29 is 4.42 Å². The minimum absolute atomic E-state index is 0.636. The Morgan fingerprint density at radius 1 is 1.24 bits per heavy atom. The van der Waals surface area contributed by atoms with Gasteiger partial charge in [0.1, 0.15) is 11.6 Å². The highest BCUT2D eigenvalue weighted by Gasteiger charge is 2.08. The second kappa shape index (κ2) is 4.99. The number of hydrogen-bond acceptors (Lipinski definition) is 4. The SMILES string of the molecule is CCCNc1cc(C)nc(-c2ccc(C)o2)n1. The lowest BCUT2D eigenvalue weighted by atomic mass is 10.3. The molecular weight excluding hydrogens is 214 g/mol. The number of aryl methyl sites for hydroxylation is 2. The van der Waals surface area contributed by atoms with E-state index in [0.29, 0.717) is 11.6 Å². The minimum Gasteiger partial charge on any atom is -0.458 e. The van der Waals surface area contributed by atoms with Crippen LogP contribution in [0.15, 0.2) is 22.6 Å². The zero-order valence-corrected chi connectivity index (χ0v) is 10.4. The highest BCUT2D eigenvalue weighted by molar-refractivity contribution is 5.51. The predicted octanol–water partition coefficient (Wildman–Crippen LogP) is 3.18. The van der Waals surface area contributed by atoms with Crippen molar-refractivity contribution in [2.75, 3.05) is 11.9 Å². The van der Waals surface area contributed by atoms with Crippen molar-refractivity contribution in [1.29, 1.82) is 0 Å². The molecule has 0 bridgehead atoms. The Morgan fingerprint density at radius 2 is 2.06 bits per heavy atom. The first kappa shape index (κ1) is 11.6. The topological polar surface area (TPSA) is 51.0 Å². The highest BCUT2D eigenvalue weighted by atomic mass is 16.3. The van der Waals surface area contributed by atoms with Gasteiger partial charge >= 0.3 is 0 Å². The van der Waals surface area contributed by atoms with Gasteiger partial charge in [-0.15, -0.1) is 0 Å². The number of aromatic nitrogens is 2. The number of anilines is 1. The molecule has 1 N–H and O–H groups in total. The third kappa shape index (κ3) is 2.84. The van der Waals surface area contributed by atoms with Crippen LogP contribution >= 0.6 is 0 Å². The van der Waals surface area contributed by atoms with Crippen LogP contribution in [0, 0.1) is 13.8 Å². The molecule has 2 aromatic heterocycles. The maximum Gasteiger partial charge on any atom is 0.197 e. The van der Waals surface area contributed by atoms with Crippen molar-refractivity contribution >= 4 is 5.82 Å². The van der Waals surface area contributed by atoms with Crippen molar-refractivity contribution in [2.45, 2.75) is 27.2 Å². The Hall–Kier alpha value is -1.84. The summed E-state index contributed by atoms with van der Waals surface area (Å²) >= 11 is 0. The summed E-state index contributed by atoms with van der Waals surface area (Å²) in [4.78, 5) is 8.82. The fraction of sp³-hybridized carbons (Fsp3) is 0.385. The monoisotopic (exact) mass is 231 g/mol. The van der Waals surface area contributed by atoms with Crippen LogP contribution in [0.25, 0.3) is 11.6 Å². The normalized spacial score (nSPS) is 10.5. The standard InChI is InChI=1S/C13H17N3O/c1-4-7-14-12-8-9(2)15-13(16-12)11-6-5-10(3)17-11/h5-6,8H,4,7H2,1-3H3,(H,14,15,16). The van der Waals surface area contributed by atoms with E-state index in [2.05, 4.69) is 22.2 Å². The van der Waals surface area contributed by atoms with E-state index in [9.17, 15) is 0 Å². The van der Waals surface area contributed by atoms with Crippen molar-refractivity contribution in [3.8, 4) is 11.6 Å². The van der Waals surface area contributed by atoms with Crippen molar-refractivity contribution in [3.05, 3.63) is 29.7 Å². The molecule has 0 aliphatic rings. The van der Waals surface area contributed by atoms with E-state index in [1.165, 1.54) is 0 Å². The summed E-state index contributed by atoms with van der Waals surface area (Å²) < 4.78 is 5.53. The predicted molar refractivity (Wildman–Crippen MR) is 68.0 cm³/mol. The zero-order valence-electron chi connectivity index (χ0n) is 10.4. The summed E-state index contributed by atoms with van der Waals surface area (Å²) in [6.07, 6.45) is 1.07.